The lowest BCUT2D eigenvalue weighted by atomic mass is 9.57. The van der Waals surface area contributed by atoms with Crippen molar-refractivity contribution in [2.24, 2.45) is 17.6 Å². The number of carbonyl (C=O) groups is 4. The number of nitrogens with zero attached hydrogens (tertiary/aromatic N) is 1. The summed E-state index contributed by atoms with van der Waals surface area (Å²) in [7, 11) is 1.41. The first-order valence-electron chi connectivity index (χ1n) is 15.1. The number of hydrogen-bond acceptors (Lipinski definition) is 11. The Morgan fingerprint density at radius 1 is 1.15 bits per heavy atom. The van der Waals surface area contributed by atoms with Crippen molar-refractivity contribution in [2.45, 2.75) is 69.8 Å². The number of rotatable bonds is 8. The van der Waals surface area contributed by atoms with Gasteiger partial charge in [-0.05, 0) is 58.0 Å². The number of hydrogen-bond donors (Lipinski definition) is 6. The van der Waals surface area contributed by atoms with E-state index < -0.39 is 118 Å². The van der Waals surface area contributed by atoms with Crippen molar-refractivity contribution in [1.29, 1.82) is 0 Å². The van der Waals surface area contributed by atoms with Crippen LogP contribution in [0, 0.1) is 11.8 Å². The number of ketones is 2. The van der Waals surface area contributed by atoms with Gasteiger partial charge in [-0.1, -0.05) is 20.8 Å². The van der Waals surface area contributed by atoms with Gasteiger partial charge < -0.3 is 45.7 Å². The third-order valence-electron chi connectivity index (χ3n) is 9.62. The molecule has 2 amide bonds. The zero-order chi connectivity index (χ0) is 36.5. The molecule has 7 N–H and O–H groups in total. The molecule has 1 aromatic rings. The number of anilines is 1. The highest BCUT2D eigenvalue weighted by Gasteiger charge is 2.67. The number of primary amides is 1. The number of nitrogens with one attached hydrogen (secondary N) is 2. The molecule has 0 saturated heterocycles. The van der Waals surface area contributed by atoms with Crippen molar-refractivity contribution in [3.05, 3.63) is 34.1 Å². The van der Waals surface area contributed by atoms with E-state index in [2.05, 4.69) is 15.4 Å². The lowest BCUT2D eigenvalue weighted by molar-refractivity contribution is -0.275. The fourth-order valence-electron chi connectivity index (χ4n) is 6.54. The van der Waals surface area contributed by atoms with E-state index >= 15 is 0 Å². The van der Waals surface area contributed by atoms with Crippen molar-refractivity contribution in [3.8, 4) is 11.5 Å². The maximum atomic E-state index is 14.9. The molecule has 0 bridgehead atoms. The van der Waals surface area contributed by atoms with E-state index in [0.29, 0.717) is 0 Å². The van der Waals surface area contributed by atoms with E-state index in [4.69, 9.17) is 10.2 Å². The minimum atomic E-state index is -5.22. The van der Waals surface area contributed by atoms with Crippen LogP contribution in [0.5, 0.6) is 11.5 Å². The van der Waals surface area contributed by atoms with Crippen LogP contribution in [0.15, 0.2) is 23.0 Å². The summed E-state index contributed by atoms with van der Waals surface area (Å²) in [5.74, 6) is -9.92. The van der Waals surface area contributed by atoms with Gasteiger partial charge in [-0.3, -0.25) is 19.2 Å². The van der Waals surface area contributed by atoms with Gasteiger partial charge in [0.25, 0.3) is 5.91 Å². The SMILES string of the molecule is CN[C@@H]1C(=O)C(C(N)=O)=C(O)C2(O[Si](C)(C)C(C)(C)C)C(=O)C3=C(O)c4c(O)c(NC(=O)CN(C)C)cc(OC(F)(F)F)c4C[C@H]3C[C@@H]12. The summed E-state index contributed by atoms with van der Waals surface area (Å²) in [6.45, 7) is 8.86. The number of amides is 2. The Kier molecular flexibility index (Phi) is 9.37. The molecular weight excluding hydrogens is 657 g/mol. The molecule has 1 aromatic carbocycles. The molecule has 264 valence electrons. The molecule has 3 aliphatic rings. The van der Waals surface area contributed by atoms with E-state index in [1.807, 2.05) is 20.8 Å². The second-order valence-corrected chi connectivity index (χ2v) is 18.8. The average Bonchev–Trinajstić information content (AvgIpc) is 2.90. The summed E-state index contributed by atoms with van der Waals surface area (Å²) in [5, 5.41) is 39.3. The van der Waals surface area contributed by atoms with E-state index in [-0.39, 0.29) is 18.5 Å². The Labute approximate surface area is 276 Å². The number of nitrogens with two attached hydrogens (primary N) is 1. The van der Waals surface area contributed by atoms with Crippen LogP contribution in [0.3, 0.4) is 0 Å². The normalized spacial score (nSPS) is 24.7. The molecule has 4 atom stereocenters. The summed E-state index contributed by atoms with van der Waals surface area (Å²) >= 11 is 0. The first-order valence-corrected chi connectivity index (χ1v) is 18.0. The number of Topliss-reactive ketones (excluding diaryl/α,β-unsaturated/α-hetero) is 2. The zero-order valence-corrected chi connectivity index (χ0v) is 28.9. The molecule has 0 spiro atoms. The Hall–Kier alpha value is -3.93. The molecule has 0 aromatic heterocycles. The van der Waals surface area contributed by atoms with Gasteiger partial charge in [0.05, 0.1) is 23.8 Å². The Morgan fingerprint density at radius 2 is 1.75 bits per heavy atom. The first kappa shape index (κ1) is 36.9. The molecule has 0 aliphatic heterocycles. The molecule has 1 unspecified atom stereocenters. The van der Waals surface area contributed by atoms with Gasteiger partial charge in [-0.25, -0.2) is 0 Å². The lowest BCUT2D eigenvalue weighted by Crippen LogP contribution is -2.69. The number of ether oxygens (including phenoxy) is 1. The van der Waals surface area contributed by atoms with Gasteiger partial charge in [0.2, 0.25) is 11.7 Å². The molecule has 1 fully saturated rings. The summed E-state index contributed by atoms with van der Waals surface area (Å²) in [6.07, 6.45) is -5.82. The standard InChI is InChI=1S/C31H41F3N4O9Si/c1-29(2,3)48(7,8)47-30-15(22(36-4)25(42)21(27(30)44)28(35)45)10-13-9-14-17(46-31(32,33)34)11-16(37-18(39)12-38(5)6)23(40)20(14)24(41)19(13)26(30)43/h11,13,15,22,36,40-41,44H,9-10,12H2,1-8H3,(H2,35,45)(H,37,39)/t13-,15-,22-,30?/m0/s1. The van der Waals surface area contributed by atoms with Crippen LogP contribution < -0.4 is 21.1 Å². The molecule has 4 rings (SSSR count). The summed E-state index contributed by atoms with van der Waals surface area (Å²) in [5.41, 5.74) is 0.391. The monoisotopic (exact) mass is 698 g/mol. The van der Waals surface area contributed by atoms with Crippen LogP contribution in [0.4, 0.5) is 18.9 Å². The van der Waals surface area contributed by atoms with Gasteiger partial charge in [0, 0.05) is 23.1 Å². The quantitative estimate of drug-likeness (QED) is 0.132. The minimum absolute atomic E-state index is 0.208. The summed E-state index contributed by atoms with van der Waals surface area (Å²) in [4.78, 5) is 55.1. The smallest absolute Gasteiger partial charge is 0.508 e. The predicted octanol–water partition coefficient (Wildman–Crippen LogP) is 3.05. The van der Waals surface area contributed by atoms with Crippen molar-refractivity contribution < 1.29 is 56.8 Å². The highest BCUT2D eigenvalue weighted by molar-refractivity contribution is 6.74. The number of aliphatic hydroxyl groups is 2. The van der Waals surface area contributed by atoms with Crippen molar-refractivity contribution in [3.63, 3.8) is 0 Å². The number of benzene rings is 1. The second-order valence-electron chi connectivity index (χ2n) is 14.1. The zero-order valence-electron chi connectivity index (χ0n) is 27.9. The molecule has 3 aliphatic carbocycles. The van der Waals surface area contributed by atoms with Crippen LogP contribution >= 0.6 is 0 Å². The maximum absolute atomic E-state index is 14.9. The third kappa shape index (κ3) is 6.07. The predicted molar refractivity (Wildman–Crippen MR) is 170 cm³/mol. The molecule has 0 radical (unpaired) electrons. The number of alkyl halides is 3. The van der Waals surface area contributed by atoms with Crippen molar-refractivity contribution in [2.75, 3.05) is 33.0 Å². The maximum Gasteiger partial charge on any atom is 0.573 e. The number of phenols is 1. The molecular formula is C31H41F3N4O9Si. The lowest BCUT2D eigenvalue weighted by Gasteiger charge is -2.55. The molecule has 0 heterocycles. The Bertz CT molecular complexity index is 1650. The highest BCUT2D eigenvalue weighted by atomic mass is 28.4. The average molecular weight is 699 g/mol. The molecule has 17 heteroatoms. The topological polar surface area (TPSA) is 201 Å². The summed E-state index contributed by atoms with van der Waals surface area (Å²) in [6, 6.07) is -0.534. The number of phenolic OH excluding ortho intramolecular Hbond substituents is 1. The Balaban J connectivity index is 2.06. The Morgan fingerprint density at radius 3 is 2.25 bits per heavy atom. The van der Waals surface area contributed by atoms with Gasteiger partial charge in [0.1, 0.15) is 22.8 Å². The van der Waals surface area contributed by atoms with Crippen LogP contribution in [0.25, 0.3) is 5.76 Å². The fourth-order valence-corrected chi connectivity index (χ4v) is 7.99. The number of fused-ring (bicyclic) bond motifs is 3. The van der Waals surface area contributed by atoms with Gasteiger partial charge in [-0.15, -0.1) is 13.2 Å². The number of halogens is 3. The van der Waals surface area contributed by atoms with E-state index in [0.717, 1.165) is 6.07 Å². The minimum Gasteiger partial charge on any atom is -0.508 e. The van der Waals surface area contributed by atoms with Crippen LogP contribution in [-0.4, -0.2) is 97.6 Å². The molecule has 13 nitrogen and oxygen atoms in total. The van der Waals surface area contributed by atoms with Gasteiger partial charge in [-0.2, -0.15) is 0 Å². The van der Waals surface area contributed by atoms with Gasteiger partial charge in [0.15, 0.2) is 25.5 Å². The third-order valence-corrected chi connectivity index (χ3v) is 14.1. The number of aromatic hydroxyl groups is 1. The number of carbonyl (C=O) groups excluding carboxylic acids is 4. The van der Waals surface area contributed by atoms with E-state index in [1.165, 1.54) is 11.9 Å². The van der Waals surface area contributed by atoms with Gasteiger partial charge >= 0.3 is 6.36 Å². The van der Waals surface area contributed by atoms with Crippen LogP contribution in [0.2, 0.25) is 18.1 Å². The molecule has 48 heavy (non-hydrogen) atoms. The largest absolute Gasteiger partial charge is 0.573 e. The van der Waals surface area contributed by atoms with Crippen molar-refractivity contribution >= 4 is 43.1 Å². The van der Waals surface area contributed by atoms with Crippen LogP contribution in [-0.2, 0) is 30.0 Å². The highest BCUT2D eigenvalue weighted by Crippen LogP contribution is 2.57. The fraction of sp³-hybridized carbons (Fsp3) is 0.548. The molecule has 1 saturated carbocycles. The van der Waals surface area contributed by atoms with E-state index in [9.17, 15) is 47.7 Å². The van der Waals surface area contributed by atoms with Crippen LogP contribution in [0.1, 0.15) is 38.3 Å². The number of aliphatic hydroxyl groups excluding tert-OH is 2. The van der Waals surface area contributed by atoms with E-state index in [1.54, 1.807) is 27.2 Å². The second kappa shape index (κ2) is 12.2. The summed E-state index contributed by atoms with van der Waals surface area (Å²) < 4.78 is 51.9. The number of likely N-dealkylation sites (N-methyl/N-ethyl adjacent to an activating group) is 2. The first-order chi connectivity index (χ1) is 21.9. The van der Waals surface area contributed by atoms with Crippen molar-refractivity contribution in [1.82, 2.24) is 10.2 Å².